The molecule has 1 fully saturated rings. The van der Waals surface area contributed by atoms with Crippen molar-refractivity contribution in [3.8, 4) is 0 Å². The summed E-state index contributed by atoms with van der Waals surface area (Å²) in [6.45, 7) is 5.12. The molecule has 3 aromatic rings. The fourth-order valence-corrected chi connectivity index (χ4v) is 4.05. The number of ether oxygens (including phenoxy) is 2. The maximum absolute atomic E-state index is 5.92. The number of hydrogen-bond acceptors (Lipinski definition) is 4. The predicted molar refractivity (Wildman–Crippen MR) is 111 cm³/mol. The van der Waals surface area contributed by atoms with Gasteiger partial charge in [0.05, 0.1) is 18.4 Å². The van der Waals surface area contributed by atoms with E-state index in [-0.39, 0.29) is 0 Å². The Morgan fingerprint density at radius 2 is 2.07 bits per heavy atom. The van der Waals surface area contributed by atoms with Crippen LogP contribution in [0, 0.1) is 0 Å². The monoisotopic (exact) mass is 379 g/mol. The number of fused-ring (bicyclic) bond motifs is 1. The molecule has 0 bridgehead atoms. The topological polar surface area (TPSA) is 39.5 Å². The molecule has 4 rings (SSSR count). The second-order valence-electron chi connectivity index (χ2n) is 7.48. The lowest BCUT2D eigenvalue weighted by Crippen LogP contribution is -2.31. The van der Waals surface area contributed by atoms with Crippen LogP contribution in [0.1, 0.15) is 24.1 Å². The molecule has 0 radical (unpaired) electrons. The average Bonchev–Trinajstić information content (AvgIpc) is 3.36. The van der Waals surface area contributed by atoms with Crippen LogP contribution in [-0.4, -0.2) is 47.4 Å². The highest BCUT2D eigenvalue weighted by atomic mass is 16.5. The van der Waals surface area contributed by atoms with Gasteiger partial charge in [-0.2, -0.15) is 0 Å². The van der Waals surface area contributed by atoms with Crippen LogP contribution in [-0.2, 0) is 29.1 Å². The molecular formula is C23H29N3O2. The molecule has 1 aliphatic rings. The minimum atomic E-state index is 0.325. The molecule has 5 heteroatoms. The predicted octanol–water partition coefficient (Wildman–Crippen LogP) is 3.86. The van der Waals surface area contributed by atoms with Gasteiger partial charge in [-0.1, -0.05) is 24.3 Å². The van der Waals surface area contributed by atoms with Gasteiger partial charge in [0, 0.05) is 63.2 Å². The number of aromatic nitrogens is 2. The zero-order chi connectivity index (χ0) is 19.2. The van der Waals surface area contributed by atoms with Crippen molar-refractivity contribution in [1.29, 1.82) is 0 Å². The second-order valence-corrected chi connectivity index (χ2v) is 7.48. The van der Waals surface area contributed by atoms with Crippen molar-refractivity contribution in [2.24, 2.45) is 0 Å². The molecular weight excluding hydrogens is 350 g/mol. The van der Waals surface area contributed by atoms with Crippen molar-refractivity contribution in [3.05, 3.63) is 66.1 Å². The van der Waals surface area contributed by atoms with Crippen molar-refractivity contribution < 1.29 is 9.47 Å². The van der Waals surface area contributed by atoms with Crippen LogP contribution >= 0.6 is 0 Å². The summed E-state index contributed by atoms with van der Waals surface area (Å²) in [5.41, 5.74) is 3.72. The summed E-state index contributed by atoms with van der Waals surface area (Å²) in [5, 5.41) is 1.32. The van der Waals surface area contributed by atoms with E-state index in [9.17, 15) is 0 Å². The first-order valence-electron chi connectivity index (χ1n) is 10.1. The number of methoxy groups -OCH3 is 1. The van der Waals surface area contributed by atoms with Crippen molar-refractivity contribution in [1.82, 2.24) is 14.5 Å². The SMILES string of the molecule is COCCn1cc(CN(Cc2ccccn2)C[C@H]2CCCO2)c2ccccc21. The van der Waals surface area contributed by atoms with Crippen molar-refractivity contribution in [2.45, 2.75) is 38.6 Å². The Labute approximate surface area is 166 Å². The molecule has 0 N–H and O–H groups in total. The maximum Gasteiger partial charge on any atom is 0.0703 e. The van der Waals surface area contributed by atoms with E-state index in [1.165, 1.54) is 22.9 Å². The summed E-state index contributed by atoms with van der Waals surface area (Å²) in [4.78, 5) is 7.01. The summed E-state index contributed by atoms with van der Waals surface area (Å²) in [5.74, 6) is 0. The molecule has 1 saturated heterocycles. The lowest BCUT2D eigenvalue weighted by molar-refractivity contribution is 0.0676. The summed E-state index contributed by atoms with van der Waals surface area (Å²) in [7, 11) is 1.75. The largest absolute Gasteiger partial charge is 0.383 e. The fourth-order valence-electron chi connectivity index (χ4n) is 4.05. The van der Waals surface area contributed by atoms with E-state index in [0.717, 1.165) is 44.9 Å². The summed E-state index contributed by atoms with van der Waals surface area (Å²) in [6, 6.07) is 14.8. The number of rotatable bonds is 9. The second kappa shape index (κ2) is 9.32. The first kappa shape index (κ1) is 19.1. The van der Waals surface area contributed by atoms with E-state index in [0.29, 0.717) is 12.7 Å². The number of nitrogens with zero attached hydrogens (tertiary/aromatic N) is 3. The molecule has 0 unspecified atom stereocenters. The Hall–Kier alpha value is -2.21. The van der Waals surface area contributed by atoms with Crippen LogP contribution < -0.4 is 0 Å². The normalized spacial score (nSPS) is 17.0. The van der Waals surface area contributed by atoms with Gasteiger partial charge in [0.2, 0.25) is 0 Å². The fraction of sp³-hybridized carbons (Fsp3) is 0.435. The number of hydrogen-bond donors (Lipinski definition) is 0. The van der Waals surface area contributed by atoms with Gasteiger partial charge in [0.1, 0.15) is 0 Å². The molecule has 1 aromatic carbocycles. The molecule has 148 valence electrons. The van der Waals surface area contributed by atoms with E-state index in [4.69, 9.17) is 9.47 Å². The first-order chi connectivity index (χ1) is 13.8. The van der Waals surface area contributed by atoms with Gasteiger partial charge >= 0.3 is 0 Å². The zero-order valence-corrected chi connectivity index (χ0v) is 16.6. The van der Waals surface area contributed by atoms with E-state index in [1.807, 2.05) is 12.3 Å². The van der Waals surface area contributed by atoms with Crippen LogP contribution in [0.5, 0.6) is 0 Å². The van der Waals surface area contributed by atoms with Crippen LogP contribution in [0.3, 0.4) is 0 Å². The minimum Gasteiger partial charge on any atom is -0.383 e. The van der Waals surface area contributed by atoms with Crippen molar-refractivity contribution in [3.63, 3.8) is 0 Å². The Kier molecular flexibility index (Phi) is 6.37. The maximum atomic E-state index is 5.92. The Balaban J connectivity index is 1.58. The number of pyridine rings is 1. The molecule has 5 nitrogen and oxygen atoms in total. The minimum absolute atomic E-state index is 0.325. The lowest BCUT2D eigenvalue weighted by atomic mass is 10.1. The smallest absolute Gasteiger partial charge is 0.0703 e. The quantitative estimate of drug-likeness (QED) is 0.566. The average molecular weight is 380 g/mol. The molecule has 0 amide bonds. The number of para-hydroxylation sites is 1. The third-order valence-electron chi connectivity index (χ3n) is 5.40. The third-order valence-corrected chi connectivity index (χ3v) is 5.40. The van der Waals surface area contributed by atoms with Gasteiger partial charge in [0.25, 0.3) is 0 Å². The zero-order valence-electron chi connectivity index (χ0n) is 16.6. The van der Waals surface area contributed by atoms with Gasteiger partial charge < -0.3 is 14.0 Å². The Morgan fingerprint density at radius 1 is 1.18 bits per heavy atom. The number of benzene rings is 1. The summed E-state index contributed by atoms with van der Waals surface area (Å²) >= 11 is 0. The van der Waals surface area contributed by atoms with Crippen molar-refractivity contribution >= 4 is 10.9 Å². The van der Waals surface area contributed by atoms with Gasteiger partial charge in [-0.25, -0.2) is 0 Å². The molecule has 28 heavy (non-hydrogen) atoms. The van der Waals surface area contributed by atoms with Crippen molar-refractivity contribution in [2.75, 3.05) is 26.9 Å². The highest BCUT2D eigenvalue weighted by Crippen LogP contribution is 2.24. The van der Waals surface area contributed by atoms with Gasteiger partial charge in [-0.15, -0.1) is 0 Å². The van der Waals surface area contributed by atoms with Crippen LogP contribution in [0.4, 0.5) is 0 Å². The standard InChI is InChI=1S/C23H29N3O2/c1-27-14-12-26-16-19(22-9-2-3-10-23(22)26)15-25(18-21-8-6-13-28-21)17-20-7-4-5-11-24-20/h2-5,7,9-11,16,21H,6,8,12-15,17-18H2,1H3/t21-/m1/s1. The first-order valence-corrected chi connectivity index (χ1v) is 10.1. The molecule has 3 heterocycles. The Morgan fingerprint density at radius 3 is 2.86 bits per heavy atom. The summed E-state index contributed by atoms with van der Waals surface area (Å²) < 4.78 is 13.5. The van der Waals surface area contributed by atoms with E-state index >= 15 is 0 Å². The summed E-state index contributed by atoms with van der Waals surface area (Å²) in [6.07, 6.45) is 6.79. The highest BCUT2D eigenvalue weighted by molar-refractivity contribution is 5.83. The van der Waals surface area contributed by atoms with Crippen LogP contribution in [0.25, 0.3) is 10.9 Å². The molecule has 0 aliphatic carbocycles. The molecule has 1 atom stereocenters. The lowest BCUT2D eigenvalue weighted by Gasteiger charge is -2.24. The van der Waals surface area contributed by atoms with Gasteiger partial charge in [-0.3, -0.25) is 9.88 Å². The van der Waals surface area contributed by atoms with Crippen LogP contribution in [0.15, 0.2) is 54.9 Å². The third kappa shape index (κ3) is 4.61. The molecule has 0 spiro atoms. The van der Waals surface area contributed by atoms with E-state index in [2.05, 4.69) is 57.0 Å². The molecule has 2 aromatic heterocycles. The Bertz CT molecular complexity index is 872. The molecule has 1 aliphatic heterocycles. The molecule has 0 saturated carbocycles. The van der Waals surface area contributed by atoms with Crippen LogP contribution in [0.2, 0.25) is 0 Å². The highest BCUT2D eigenvalue weighted by Gasteiger charge is 2.21. The van der Waals surface area contributed by atoms with Gasteiger partial charge in [0.15, 0.2) is 0 Å². The van der Waals surface area contributed by atoms with E-state index < -0.39 is 0 Å². The van der Waals surface area contributed by atoms with E-state index in [1.54, 1.807) is 7.11 Å². The van der Waals surface area contributed by atoms with Gasteiger partial charge in [-0.05, 0) is 36.6 Å².